The molecule has 1 N–H and O–H groups in total. The molecule has 0 spiro atoms. The van der Waals surface area contributed by atoms with Crippen LogP contribution in [0.2, 0.25) is 0 Å². The average Bonchev–Trinajstić information content (AvgIpc) is 2.76. The Bertz CT molecular complexity index is 832. The number of methoxy groups -OCH3 is 1. The van der Waals surface area contributed by atoms with Gasteiger partial charge in [0, 0.05) is 38.4 Å². The second-order valence-corrected chi connectivity index (χ2v) is 8.40. The molecular formula is C23H29N3O3S. The van der Waals surface area contributed by atoms with Gasteiger partial charge in [0.25, 0.3) is 0 Å². The highest BCUT2D eigenvalue weighted by Gasteiger charge is 2.21. The molecule has 0 aromatic heterocycles. The summed E-state index contributed by atoms with van der Waals surface area (Å²) >= 11 is 1.36. The van der Waals surface area contributed by atoms with E-state index in [1.54, 1.807) is 7.11 Å². The summed E-state index contributed by atoms with van der Waals surface area (Å²) in [6.07, 6.45) is 0. The molecule has 7 heteroatoms. The molecule has 0 atom stereocenters. The lowest BCUT2D eigenvalue weighted by atomic mass is 10.2. The van der Waals surface area contributed by atoms with Gasteiger partial charge in [-0.1, -0.05) is 29.8 Å². The van der Waals surface area contributed by atoms with E-state index in [1.807, 2.05) is 48.2 Å². The predicted molar refractivity (Wildman–Crippen MR) is 122 cm³/mol. The summed E-state index contributed by atoms with van der Waals surface area (Å²) in [4.78, 5) is 28.7. The number of hydrogen-bond donors (Lipinski definition) is 1. The Balaban J connectivity index is 1.33. The zero-order chi connectivity index (χ0) is 21.3. The first-order chi connectivity index (χ1) is 14.5. The van der Waals surface area contributed by atoms with E-state index in [0.717, 1.165) is 49.7 Å². The maximum absolute atomic E-state index is 12.5. The van der Waals surface area contributed by atoms with Crippen LogP contribution in [-0.4, -0.2) is 66.4 Å². The molecular weight excluding hydrogens is 398 g/mol. The fourth-order valence-corrected chi connectivity index (χ4v) is 4.02. The lowest BCUT2D eigenvalue weighted by Crippen LogP contribution is -2.48. The molecule has 1 heterocycles. The zero-order valence-corrected chi connectivity index (χ0v) is 18.4. The number of carbonyl (C=O) groups is 2. The standard InChI is InChI=1S/C23H29N3O3S/c1-18-3-7-20(8-4-18)24-22(27)16-30-17-23(28)26-13-11-25(12-14-26)15-19-5-9-21(29-2)10-6-19/h3-10H,11-17H2,1-2H3,(H,24,27). The van der Waals surface area contributed by atoms with Crippen LogP contribution in [-0.2, 0) is 16.1 Å². The van der Waals surface area contributed by atoms with E-state index in [-0.39, 0.29) is 17.6 Å². The van der Waals surface area contributed by atoms with Crippen LogP contribution in [0.1, 0.15) is 11.1 Å². The van der Waals surface area contributed by atoms with E-state index in [2.05, 4.69) is 22.3 Å². The van der Waals surface area contributed by atoms with Crippen LogP contribution in [0, 0.1) is 6.92 Å². The molecule has 2 amide bonds. The van der Waals surface area contributed by atoms with Crippen molar-refractivity contribution in [3.63, 3.8) is 0 Å². The summed E-state index contributed by atoms with van der Waals surface area (Å²) in [5.41, 5.74) is 3.17. The monoisotopic (exact) mass is 427 g/mol. The number of nitrogens with one attached hydrogen (secondary N) is 1. The van der Waals surface area contributed by atoms with Crippen LogP contribution in [0.4, 0.5) is 5.69 Å². The number of amides is 2. The third-order valence-electron chi connectivity index (χ3n) is 5.08. The third-order valence-corrected chi connectivity index (χ3v) is 6.00. The molecule has 6 nitrogen and oxygen atoms in total. The van der Waals surface area contributed by atoms with Gasteiger partial charge in [-0.25, -0.2) is 0 Å². The second kappa shape index (κ2) is 11.0. The fraction of sp³-hybridized carbons (Fsp3) is 0.391. The molecule has 1 fully saturated rings. The predicted octanol–water partition coefficient (Wildman–Crippen LogP) is 3.02. The Labute approximate surface area is 182 Å². The van der Waals surface area contributed by atoms with Crippen molar-refractivity contribution in [2.24, 2.45) is 0 Å². The van der Waals surface area contributed by atoms with E-state index >= 15 is 0 Å². The molecule has 3 rings (SSSR count). The number of nitrogens with zero attached hydrogens (tertiary/aromatic N) is 2. The molecule has 0 radical (unpaired) electrons. The van der Waals surface area contributed by atoms with Crippen LogP contribution < -0.4 is 10.1 Å². The summed E-state index contributed by atoms with van der Waals surface area (Å²) in [6.45, 7) is 6.05. The number of thioether (sulfide) groups is 1. The van der Waals surface area contributed by atoms with Gasteiger partial charge in [-0.15, -0.1) is 11.8 Å². The van der Waals surface area contributed by atoms with Crippen molar-refractivity contribution in [2.75, 3.05) is 50.1 Å². The van der Waals surface area contributed by atoms with E-state index in [1.165, 1.54) is 17.3 Å². The minimum Gasteiger partial charge on any atom is -0.497 e. The van der Waals surface area contributed by atoms with Crippen LogP contribution in [0.5, 0.6) is 5.75 Å². The van der Waals surface area contributed by atoms with Gasteiger partial charge in [0.05, 0.1) is 18.6 Å². The number of hydrogen-bond acceptors (Lipinski definition) is 5. The third kappa shape index (κ3) is 6.78. The molecule has 0 bridgehead atoms. The molecule has 30 heavy (non-hydrogen) atoms. The molecule has 0 aliphatic carbocycles. The van der Waals surface area contributed by atoms with Crippen LogP contribution >= 0.6 is 11.8 Å². The van der Waals surface area contributed by atoms with Crippen molar-refractivity contribution in [1.29, 1.82) is 0 Å². The molecule has 1 aliphatic heterocycles. The molecule has 1 saturated heterocycles. The van der Waals surface area contributed by atoms with Crippen LogP contribution in [0.25, 0.3) is 0 Å². The summed E-state index contributed by atoms with van der Waals surface area (Å²) < 4.78 is 5.20. The highest BCUT2D eigenvalue weighted by Crippen LogP contribution is 2.15. The molecule has 160 valence electrons. The number of benzene rings is 2. The van der Waals surface area contributed by atoms with Gasteiger partial charge in [0.15, 0.2) is 0 Å². The number of carbonyl (C=O) groups excluding carboxylic acids is 2. The van der Waals surface area contributed by atoms with Crippen molar-refractivity contribution in [2.45, 2.75) is 13.5 Å². The maximum atomic E-state index is 12.5. The van der Waals surface area contributed by atoms with E-state index in [4.69, 9.17) is 4.74 Å². The highest BCUT2D eigenvalue weighted by molar-refractivity contribution is 8.00. The number of rotatable bonds is 8. The minimum atomic E-state index is -0.0824. The van der Waals surface area contributed by atoms with Gasteiger partial charge in [-0.2, -0.15) is 0 Å². The van der Waals surface area contributed by atoms with E-state index in [9.17, 15) is 9.59 Å². The quantitative estimate of drug-likeness (QED) is 0.702. The normalized spacial score (nSPS) is 14.4. The Morgan fingerprint density at radius 1 is 0.967 bits per heavy atom. The number of ether oxygens (including phenoxy) is 1. The van der Waals surface area contributed by atoms with Gasteiger partial charge < -0.3 is 15.0 Å². The summed E-state index contributed by atoms with van der Waals surface area (Å²) in [7, 11) is 1.67. The van der Waals surface area contributed by atoms with Gasteiger partial charge in [0.1, 0.15) is 5.75 Å². The first-order valence-electron chi connectivity index (χ1n) is 10.1. The van der Waals surface area contributed by atoms with Crippen LogP contribution in [0.15, 0.2) is 48.5 Å². The first kappa shape index (κ1) is 22.2. The van der Waals surface area contributed by atoms with Gasteiger partial charge in [0.2, 0.25) is 11.8 Å². The zero-order valence-electron chi connectivity index (χ0n) is 17.6. The van der Waals surface area contributed by atoms with E-state index < -0.39 is 0 Å². The number of anilines is 1. The Morgan fingerprint density at radius 3 is 2.27 bits per heavy atom. The van der Waals surface area contributed by atoms with Crippen molar-refractivity contribution >= 4 is 29.3 Å². The maximum Gasteiger partial charge on any atom is 0.234 e. The minimum absolute atomic E-state index is 0.0824. The summed E-state index contributed by atoms with van der Waals surface area (Å²) in [5.74, 6) is 1.49. The van der Waals surface area contributed by atoms with E-state index in [0.29, 0.717) is 5.75 Å². The van der Waals surface area contributed by atoms with Gasteiger partial charge in [-0.05, 0) is 36.8 Å². The average molecular weight is 428 g/mol. The molecule has 2 aromatic carbocycles. The fourth-order valence-electron chi connectivity index (χ4n) is 3.30. The number of piperazine rings is 1. The first-order valence-corrected chi connectivity index (χ1v) is 11.3. The smallest absolute Gasteiger partial charge is 0.234 e. The Hall–Kier alpha value is -2.51. The molecule has 0 unspecified atom stereocenters. The molecule has 1 aliphatic rings. The SMILES string of the molecule is COc1ccc(CN2CCN(C(=O)CSCC(=O)Nc3ccc(C)cc3)CC2)cc1. The second-order valence-electron chi connectivity index (χ2n) is 7.41. The van der Waals surface area contributed by atoms with Crippen molar-refractivity contribution in [3.8, 4) is 5.75 Å². The largest absolute Gasteiger partial charge is 0.497 e. The summed E-state index contributed by atoms with van der Waals surface area (Å²) in [5, 5.41) is 2.86. The molecule has 0 saturated carbocycles. The van der Waals surface area contributed by atoms with Gasteiger partial charge >= 0.3 is 0 Å². The number of aryl methyl sites for hydroxylation is 1. The highest BCUT2D eigenvalue weighted by atomic mass is 32.2. The lowest BCUT2D eigenvalue weighted by molar-refractivity contribution is -0.130. The lowest BCUT2D eigenvalue weighted by Gasteiger charge is -2.34. The topological polar surface area (TPSA) is 61.9 Å². The molecule has 2 aromatic rings. The van der Waals surface area contributed by atoms with Crippen molar-refractivity contribution in [3.05, 3.63) is 59.7 Å². The van der Waals surface area contributed by atoms with Crippen LogP contribution in [0.3, 0.4) is 0 Å². The summed E-state index contributed by atoms with van der Waals surface area (Å²) in [6, 6.07) is 15.8. The van der Waals surface area contributed by atoms with Crippen molar-refractivity contribution < 1.29 is 14.3 Å². The Kier molecular flexibility index (Phi) is 8.16. The van der Waals surface area contributed by atoms with Crippen molar-refractivity contribution in [1.82, 2.24) is 9.80 Å². The van der Waals surface area contributed by atoms with Gasteiger partial charge in [-0.3, -0.25) is 14.5 Å². The Morgan fingerprint density at radius 2 is 1.63 bits per heavy atom.